The van der Waals surface area contributed by atoms with Crippen LogP contribution >= 0.6 is 0 Å². The van der Waals surface area contributed by atoms with Crippen LogP contribution in [0.15, 0.2) is 6.20 Å². The van der Waals surface area contributed by atoms with Crippen LogP contribution in [0.1, 0.15) is 60.5 Å². The summed E-state index contributed by atoms with van der Waals surface area (Å²) in [7, 11) is 0. The maximum Gasteiger partial charge on any atom is 0.170 e. The highest BCUT2D eigenvalue weighted by atomic mass is 16.1. The van der Waals surface area contributed by atoms with E-state index < -0.39 is 0 Å². The van der Waals surface area contributed by atoms with Crippen molar-refractivity contribution in [1.29, 1.82) is 0 Å². The SMILES string of the molecule is CC(C)C(=O)c1c[nH]c2c1C(=O)C(C)(C)CC2. The van der Waals surface area contributed by atoms with Crippen LogP contribution in [0.3, 0.4) is 0 Å². The topological polar surface area (TPSA) is 49.9 Å². The molecule has 92 valence electrons. The van der Waals surface area contributed by atoms with Crippen molar-refractivity contribution >= 4 is 11.6 Å². The Labute approximate surface area is 102 Å². The quantitative estimate of drug-likeness (QED) is 0.798. The summed E-state index contributed by atoms with van der Waals surface area (Å²) in [6.07, 6.45) is 3.39. The lowest BCUT2D eigenvalue weighted by Gasteiger charge is -2.28. The average molecular weight is 233 g/mol. The van der Waals surface area contributed by atoms with Gasteiger partial charge in [0, 0.05) is 34.4 Å². The molecule has 0 unspecified atom stereocenters. The third-order valence-electron chi connectivity index (χ3n) is 3.59. The smallest absolute Gasteiger partial charge is 0.170 e. The van der Waals surface area contributed by atoms with Crippen molar-refractivity contribution in [3.63, 3.8) is 0 Å². The average Bonchev–Trinajstić information content (AvgIpc) is 2.66. The minimum atomic E-state index is -0.346. The second-order valence-electron chi connectivity index (χ2n) is 5.79. The van der Waals surface area contributed by atoms with Gasteiger partial charge in [0.25, 0.3) is 0 Å². The predicted molar refractivity (Wildman–Crippen MR) is 66.4 cm³/mol. The highest BCUT2D eigenvalue weighted by Gasteiger charge is 2.38. The Morgan fingerprint density at radius 1 is 1.41 bits per heavy atom. The van der Waals surface area contributed by atoms with E-state index >= 15 is 0 Å². The first-order valence-electron chi connectivity index (χ1n) is 6.14. The number of aromatic amines is 1. The first-order chi connectivity index (χ1) is 7.84. The summed E-state index contributed by atoms with van der Waals surface area (Å²) >= 11 is 0. The number of ketones is 2. The van der Waals surface area contributed by atoms with Crippen molar-refractivity contribution in [2.75, 3.05) is 0 Å². The Kier molecular flexibility index (Phi) is 2.72. The van der Waals surface area contributed by atoms with Gasteiger partial charge >= 0.3 is 0 Å². The van der Waals surface area contributed by atoms with Crippen LogP contribution in [0.4, 0.5) is 0 Å². The molecule has 0 aromatic carbocycles. The molecule has 3 heteroatoms. The number of aryl methyl sites for hydroxylation is 1. The highest BCUT2D eigenvalue weighted by Crippen LogP contribution is 2.36. The Morgan fingerprint density at radius 2 is 2.06 bits per heavy atom. The molecule has 0 aliphatic heterocycles. The molecule has 2 rings (SSSR count). The molecule has 0 amide bonds. The van der Waals surface area contributed by atoms with E-state index in [0.29, 0.717) is 11.1 Å². The van der Waals surface area contributed by atoms with Crippen LogP contribution in [0.5, 0.6) is 0 Å². The largest absolute Gasteiger partial charge is 0.364 e. The number of carbonyl (C=O) groups excluding carboxylic acids is 2. The molecule has 0 radical (unpaired) electrons. The zero-order valence-corrected chi connectivity index (χ0v) is 10.9. The zero-order valence-electron chi connectivity index (χ0n) is 10.9. The van der Waals surface area contributed by atoms with Crippen molar-refractivity contribution in [3.8, 4) is 0 Å². The normalized spacial score (nSPS) is 18.3. The molecule has 1 aromatic rings. The van der Waals surface area contributed by atoms with Crippen molar-refractivity contribution in [2.45, 2.75) is 40.5 Å². The molecule has 1 N–H and O–H groups in total. The van der Waals surface area contributed by atoms with E-state index in [2.05, 4.69) is 4.98 Å². The van der Waals surface area contributed by atoms with Gasteiger partial charge in [0.2, 0.25) is 0 Å². The third kappa shape index (κ3) is 1.84. The van der Waals surface area contributed by atoms with Gasteiger partial charge in [0.1, 0.15) is 0 Å². The molecular weight excluding hydrogens is 214 g/mol. The maximum absolute atomic E-state index is 12.4. The van der Waals surface area contributed by atoms with E-state index in [1.165, 1.54) is 0 Å². The summed E-state index contributed by atoms with van der Waals surface area (Å²) in [6, 6.07) is 0. The Bertz CT molecular complexity index is 480. The van der Waals surface area contributed by atoms with Crippen LogP contribution in [0.2, 0.25) is 0 Å². The lowest BCUT2D eigenvalue weighted by molar-refractivity contribution is 0.0802. The van der Waals surface area contributed by atoms with Gasteiger partial charge in [-0.15, -0.1) is 0 Å². The molecule has 0 bridgehead atoms. The zero-order chi connectivity index (χ0) is 12.8. The maximum atomic E-state index is 12.4. The first kappa shape index (κ1) is 12.1. The number of aromatic nitrogens is 1. The number of hydrogen-bond acceptors (Lipinski definition) is 2. The van der Waals surface area contributed by atoms with Gasteiger partial charge in [-0.2, -0.15) is 0 Å². The lowest BCUT2D eigenvalue weighted by Crippen LogP contribution is -2.31. The predicted octanol–water partition coefficient (Wildman–Crippen LogP) is 3.01. The van der Waals surface area contributed by atoms with Crippen LogP contribution in [-0.2, 0) is 6.42 Å². The summed E-state index contributed by atoms with van der Waals surface area (Å²) in [5.74, 6) is 0.0743. The standard InChI is InChI=1S/C14H19NO2/c1-8(2)12(16)9-7-15-10-5-6-14(3,4)13(17)11(9)10/h7-8,15H,5-6H2,1-4H3. The van der Waals surface area contributed by atoms with E-state index in [-0.39, 0.29) is 22.9 Å². The van der Waals surface area contributed by atoms with Gasteiger partial charge in [-0.05, 0) is 12.8 Å². The van der Waals surface area contributed by atoms with Crippen LogP contribution in [0, 0.1) is 11.3 Å². The summed E-state index contributed by atoms with van der Waals surface area (Å²) in [5.41, 5.74) is 1.80. The van der Waals surface area contributed by atoms with E-state index in [0.717, 1.165) is 18.5 Å². The number of hydrogen-bond donors (Lipinski definition) is 1. The first-order valence-corrected chi connectivity index (χ1v) is 6.14. The highest BCUT2D eigenvalue weighted by molar-refractivity contribution is 6.12. The Balaban J connectivity index is 2.51. The Hall–Kier alpha value is -1.38. The molecule has 3 nitrogen and oxygen atoms in total. The fraction of sp³-hybridized carbons (Fsp3) is 0.571. The fourth-order valence-corrected chi connectivity index (χ4v) is 2.32. The van der Waals surface area contributed by atoms with E-state index in [9.17, 15) is 9.59 Å². The van der Waals surface area contributed by atoms with E-state index in [1.807, 2.05) is 27.7 Å². The second kappa shape index (κ2) is 3.83. The fourth-order valence-electron chi connectivity index (χ4n) is 2.32. The van der Waals surface area contributed by atoms with Gasteiger partial charge in [-0.3, -0.25) is 9.59 Å². The minimum absolute atomic E-state index is 0.0496. The van der Waals surface area contributed by atoms with Crippen molar-refractivity contribution in [3.05, 3.63) is 23.0 Å². The van der Waals surface area contributed by atoms with Crippen molar-refractivity contribution < 1.29 is 9.59 Å². The summed E-state index contributed by atoms with van der Waals surface area (Å²) in [4.78, 5) is 27.5. The molecule has 0 atom stereocenters. The molecule has 0 fully saturated rings. The minimum Gasteiger partial charge on any atom is -0.364 e. The van der Waals surface area contributed by atoms with Gasteiger partial charge in [-0.1, -0.05) is 27.7 Å². The molecule has 0 saturated heterocycles. The molecule has 1 aromatic heterocycles. The number of rotatable bonds is 2. The molecule has 17 heavy (non-hydrogen) atoms. The summed E-state index contributed by atoms with van der Waals surface area (Å²) in [5, 5.41) is 0. The van der Waals surface area contributed by atoms with Crippen molar-refractivity contribution in [2.24, 2.45) is 11.3 Å². The second-order valence-corrected chi connectivity index (χ2v) is 5.79. The third-order valence-corrected chi connectivity index (χ3v) is 3.59. The molecule has 0 spiro atoms. The van der Waals surface area contributed by atoms with Crippen LogP contribution < -0.4 is 0 Å². The molecular formula is C14H19NO2. The van der Waals surface area contributed by atoms with E-state index in [1.54, 1.807) is 6.20 Å². The molecule has 1 aliphatic carbocycles. The lowest BCUT2D eigenvalue weighted by atomic mass is 9.74. The van der Waals surface area contributed by atoms with E-state index in [4.69, 9.17) is 0 Å². The summed E-state index contributed by atoms with van der Waals surface area (Å²) < 4.78 is 0. The summed E-state index contributed by atoms with van der Waals surface area (Å²) in [6.45, 7) is 7.63. The van der Waals surface area contributed by atoms with Crippen LogP contribution in [0.25, 0.3) is 0 Å². The molecule has 1 aliphatic rings. The Morgan fingerprint density at radius 3 is 2.65 bits per heavy atom. The molecule has 1 heterocycles. The monoisotopic (exact) mass is 233 g/mol. The van der Waals surface area contributed by atoms with Gasteiger partial charge in [0.05, 0.1) is 0 Å². The number of Topliss-reactive ketones (excluding diaryl/α,β-unsaturated/α-hetero) is 2. The molecule has 0 saturated carbocycles. The number of carbonyl (C=O) groups is 2. The van der Waals surface area contributed by atoms with Crippen molar-refractivity contribution in [1.82, 2.24) is 4.98 Å². The number of nitrogens with one attached hydrogen (secondary N) is 1. The number of H-pyrrole nitrogens is 1. The van der Waals surface area contributed by atoms with Crippen LogP contribution in [-0.4, -0.2) is 16.6 Å². The van der Waals surface area contributed by atoms with Gasteiger partial charge in [-0.25, -0.2) is 0 Å². The van der Waals surface area contributed by atoms with Gasteiger partial charge in [0.15, 0.2) is 11.6 Å². The van der Waals surface area contributed by atoms with Gasteiger partial charge < -0.3 is 4.98 Å². The number of fused-ring (bicyclic) bond motifs is 1.